The van der Waals surface area contributed by atoms with E-state index in [2.05, 4.69) is 34.7 Å². The fourth-order valence-electron chi connectivity index (χ4n) is 4.42. The lowest BCUT2D eigenvalue weighted by atomic mass is 9.90. The molecule has 0 aliphatic carbocycles. The van der Waals surface area contributed by atoms with E-state index in [0.717, 1.165) is 17.9 Å². The highest BCUT2D eigenvalue weighted by atomic mass is 16.7. The maximum atomic E-state index is 13.0. The van der Waals surface area contributed by atoms with E-state index >= 15 is 0 Å². The molecule has 3 heterocycles. The second kappa shape index (κ2) is 8.14. The molecule has 10 heteroatoms. The van der Waals surface area contributed by atoms with Crippen molar-refractivity contribution < 1.29 is 19.0 Å². The zero-order valence-corrected chi connectivity index (χ0v) is 19.6. The number of para-hydroxylation sites is 1. The number of nitrogens with zero attached hydrogens (tertiary/aromatic N) is 5. The van der Waals surface area contributed by atoms with Crippen LogP contribution in [0.5, 0.6) is 11.5 Å². The Hall–Kier alpha value is -3.04. The van der Waals surface area contributed by atoms with Crippen molar-refractivity contribution in [3.05, 3.63) is 24.0 Å². The molecule has 1 aromatic heterocycles. The number of carbonyl (C=O) groups is 1. The number of tetrazole rings is 1. The van der Waals surface area contributed by atoms with Crippen LogP contribution in [-0.4, -0.2) is 55.7 Å². The monoisotopic (exact) mass is 444 g/mol. The topological polar surface area (TPSA) is 104 Å². The van der Waals surface area contributed by atoms with Gasteiger partial charge < -0.3 is 24.4 Å². The van der Waals surface area contributed by atoms with E-state index in [4.69, 9.17) is 14.2 Å². The quantitative estimate of drug-likeness (QED) is 0.746. The zero-order valence-electron chi connectivity index (χ0n) is 19.6. The van der Waals surface area contributed by atoms with Crippen LogP contribution in [0.3, 0.4) is 0 Å². The van der Waals surface area contributed by atoms with Crippen LogP contribution in [0, 0.1) is 5.92 Å². The number of hydrogen-bond donors (Lipinski definition) is 1. The molecule has 4 rings (SSSR count). The first-order chi connectivity index (χ1) is 15.1. The molecule has 1 amide bonds. The molecular formula is C22H32N6O4. The van der Waals surface area contributed by atoms with Crippen LogP contribution in [0.1, 0.15) is 59.8 Å². The number of hydrogen-bond acceptors (Lipinski definition) is 8. The van der Waals surface area contributed by atoms with Crippen LogP contribution in [-0.2, 0) is 11.3 Å². The molecule has 1 saturated heterocycles. The first kappa shape index (κ1) is 22.2. The second-order valence-corrected chi connectivity index (χ2v) is 9.88. The third-order valence-corrected chi connectivity index (χ3v) is 5.84. The molecule has 2 aliphatic rings. The van der Waals surface area contributed by atoms with Gasteiger partial charge in [0.2, 0.25) is 6.79 Å². The zero-order chi connectivity index (χ0) is 23.1. The van der Waals surface area contributed by atoms with Crippen molar-refractivity contribution in [1.82, 2.24) is 25.1 Å². The van der Waals surface area contributed by atoms with Gasteiger partial charge in [0, 0.05) is 24.5 Å². The molecule has 1 fully saturated rings. The van der Waals surface area contributed by atoms with Gasteiger partial charge in [0.15, 0.2) is 17.3 Å². The molecule has 1 aromatic carbocycles. The van der Waals surface area contributed by atoms with Crippen molar-refractivity contribution in [3.63, 3.8) is 0 Å². The van der Waals surface area contributed by atoms with Crippen molar-refractivity contribution in [2.75, 3.05) is 18.7 Å². The molecule has 174 valence electrons. The molecule has 10 nitrogen and oxygen atoms in total. The van der Waals surface area contributed by atoms with Crippen LogP contribution in [0.25, 0.3) is 0 Å². The van der Waals surface area contributed by atoms with Crippen molar-refractivity contribution in [2.24, 2.45) is 5.92 Å². The first-order valence-corrected chi connectivity index (χ1v) is 11.0. The lowest BCUT2D eigenvalue weighted by Crippen LogP contribution is -2.45. The summed E-state index contributed by atoms with van der Waals surface area (Å²) in [6.07, 6.45) is 0.448. The Morgan fingerprint density at radius 1 is 1.34 bits per heavy atom. The summed E-state index contributed by atoms with van der Waals surface area (Å²) in [5.74, 6) is 2.14. The van der Waals surface area contributed by atoms with Crippen molar-refractivity contribution in [1.29, 1.82) is 0 Å². The minimum atomic E-state index is -0.558. The Labute approximate surface area is 188 Å². The van der Waals surface area contributed by atoms with Gasteiger partial charge in [-0.05, 0) is 70.5 Å². The molecule has 0 spiro atoms. The summed E-state index contributed by atoms with van der Waals surface area (Å²) >= 11 is 0. The molecule has 2 aliphatic heterocycles. The first-order valence-electron chi connectivity index (χ1n) is 11.0. The molecule has 0 bridgehead atoms. The number of aromatic nitrogens is 4. The van der Waals surface area contributed by atoms with Crippen molar-refractivity contribution in [3.8, 4) is 11.5 Å². The number of carbonyl (C=O) groups excluding carboxylic acids is 1. The number of ether oxygens (including phenoxy) is 3. The van der Waals surface area contributed by atoms with Crippen LogP contribution in [0.2, 0.25) is 0 Å². The van der Waals surface area contributed by atoms with Crippen LogP contribution in [0.4, 0.5) is 10.5 Å². The standard InChI is InChI=1S/C22H32N6O4/c1-7-28-19(24-25-26-28)17(23-15-9-8-10-16-18(15)31-13-30-16)14-11-22(5,6)27(12-14)20(29)32-21(2,3)4/h8-10,14,17,23H,7,11-13H2,1-6H3. The normalized spacial score (nSPS) is 20.3. The van der Waals surface area contributed by atoms with Gasteiger partial charge in [-0.25, -0.2) is 9.48 Å². The number of likely N-dealkylation sites (tertiary alicyclic amines) is 1. The summed E-state index contributed by atoms with van der Waals surface area (Å²) in [4.78, 5) is 14.8. The van der Waals surface area contributed by atoms with Gasteiger partial charge in [-0.1, -0.05) is 6.07 Å². The van der Waals surface area contributed by atoms with Gasteiger partial charge in [-0.3, -0.25) is 0 Å². The van der Waals surface area contributed by atoms with Gasteiger partial charge in [0.1, 0.15) is 5.60 Å². The van der Waals surface area contributed by atoms with E-state index in [0.29, 0.717) is 24.6 Å². The molecule has 0 saturated carbocycles. The molecule has 2 unspecified atom stereocenters. The number of benzene rings is 1. The molecule has 1 N–H and O–H groups in total. The van der Waals surface area contributed by atoms with E-state index in [-0.39, 0.29) is 30.4 Å². The predicted molar refractivity (Wildman–Crippen MR) is 118 cm³/mol. The smallest absolute Gasteiger partial charge is 0.410 e. The summed E-state index contributed by atoms with van der Waals surface area (Å²) in [6, 6.07) is 5.50. The number of nitrogens with one attached hydrogen (secondary N) is 1. The number of rotatable bonds is 5. The van der Waals surface area contributed by atoms with E-state index in [1.54, 1.807) is 4.68 Å². The van der Waals surface area contributed by atoms with Gasteiger partial charge in [0.05, 0.1) is 11.7 Å². The SMILES string of the molecule is CCn1nnnc1C(Nc1cccc2c1OCO2)C1CN(C(=O)OC(C)(C)C)C(C)(C)C1. The third-order valence-electron chi connectivity index (χ3n) is 5.84. The summed E-state index contributed by atoms with van der Waals surface area (Å²) in [5, 5.41) is 16.0. The highest BCUT2D eigenvalue weighted by molar-refractivity contribution is 5.70. The lowest BCUT2D eigenvalue weighted by molar-refractivity contribution is 0.0130. The highest BCUT2D eigenvalue weighted by Gasteiger charge is 2.47. The summed E-state index contributed by atoms with van der Waals surface area (Å²) in [7, 11) is 0. The van der Waals surface area contributed by atoms with Gasteiger partial charge in [0.25, 0.3) is 0 Å². The Morgan fingerprint density at radius 3 is 2.84 bits per heavy atom. The largest absolute Gasteiger partial charge is 0.454 e. The van der Waals surface area contributed by atoms with Gasteiger partial charge >= 0.3 is 6.09 Å². The molecule has 2 atom stereocenters. The Balaban J connectivity index is 1.65. The van der Waals surface area contributed by atoms with Gasteiger partial charge in [-0.15, -0.1) is 5.10 Å². The van der Waals surface area contributed by atoms with Gasteiger partial charge in [-0.2, -0.15) is 0 Å². The second-order valence-electron chi connectivity index (χ2n) is 9.88. The maximum Gasteiger partial charge on any atom is 0.410 e. The number of aryl methyl sites for hydroxylation is 1. The lowest BCUT2D eigenvalue weighted by Gasteiger charge is -2.33. The molecular weight excluding hydrogens is 412 g/mol. The van der Waals surface area contributed by atoms with E-state index < -0.39 is 5.60 Å². The number of fused-ring (bicyclic) bond motifs is 1. The minimum Gasteiger partial charge on any atom is -0.454 e. The van der Waals surface area contributed by atoms with Crippen LogP contribution < -0.4 is 14.8 Å². The number of amides is 1. The van der Waals surface area contributed by atoms with E-state index in [9.17, 15) is 4.79 Å². The highest BCUT2D eigenvalue weighted by Crippen LogP contribution is 2.44. The summed E-state index contributed by atoms with van der Waals surface area (Å²) in [5.41, 5.74) is -0.128. The average molecular weight is 445 g/mol. The van der Waals surface area contributed by atoms with Crippen molar-refractivity contribution in [2.45, 2.75) is 71.7 Å². The maximum absolute atomic E-state index is 13.0. The fourth-order valence-corrected chi connectivity index (χ4v) is 4.42. The van der Waals surface area contributed by atoms with E-state index in [1.165, 1.54) is 0 Å². The Morgan fingerprint density at radius 2 is 2.12 bits per heavy atom. The number of anilines is 1. The Kier molecular flexibility index (Phi) is 5.64. The van der Waals surface area contributed by atoms with Crippen molar-refractivity contribution >= 4 is 11.8 Å². The predicted octanol–water partition coefficient (Wildman–Crippen LogP) is 3.61. The summed E-state index contributed by atoms with van der Waals surface area (Å²) < 4.78 is 18.7. The third kappa shape index (κ3) is 4.31. The summed E-state index contributed by atoms with van der Waals surface area (Å²) in [6.45, 7) is 13.1. The van der Waals surface area contributed by atoms with Crippen LogP contribution >= 0.6 is 0 Å². The fraction of sp³-hybridized carbons (Fsp3) is 0.636. The Bertz CT molecular complexity index is 983. The molecule has 2 aromatic rings. The van der Waals surface area contributed by atoms with Crippen LogP contribution in [0.15, 0.2) is 18.2 Å². The average Bonchev–Trinajstić information content (AvgIpc) is 3.42. The molecule has 0 radical (unpaired) electrons. The van der Waals surface area contributed by atoms with E-state index in [1.807, 2.05) is 50.8 Å². The minimum absolute atomic E-state index is 0.0481. The molecule has 32 heavy (non-hydrogen) atoms.